The van der Waals surface area contributed by atoms with Crippen molar-refractivity contribution < 1.29 is 4.79 Å². The number of aromatic nitrogens is 2. The van der Waals surface area contributed by atoms with Gasteiger partial charge < -0.3 is 10.6 Å². The highest BCUT2D eigenvalue weighted by atomic mass is 35.5. The van der Waals surface area contributed by atoms with Gasteiger partial charge in [0.15, 0.2) is 0 Å². The molecule has 1 aromatic heterocycles. The molecule has 0 aliphatic carbocycles. The quantitative estimate of drug-likeness (QED) is 0.858. The van der Waals surface area contributed by atoms with Crippen molar-refractivity contribution in [2.24, 2.45) is 5.92 Å². The van der Waals surface area contributed by atoms with Crippen LogP contribution in [-0.4, -0.2) is 29.2 Å². The molecule has 1 amide bonds. The molecular weight excluding hydrogens is 248 g/mol. The summed E-state index contributed by atoms with van der Waals surface area (Å²) in [5.74, 6) is 0.698. The summed E-state index contributed by atoms with van der Waals surface area (Å²) in [5, 5.41) is 14.0. The predicted octanol–water partition coefficient (Wildman–Crippen LogP) is 1.29. The Bertz CT molecular complexity index is 313. The third kappa shape index (κ3) is 4.03. The molecule has 0 saturated carbocycles. The number of hydrogen-bond donors (Lipinski definition) is 2. The zero-order valence-corrected chi connectivity index (χ0v) is 10.4. The van der Waals surface area contributed by atoms with Gasteiger partial charge in [0.1, 0.15) is 5.51 Å². The first kappa shape index (κ1) is 13.3. The van der Waals surface area contributed by atoms with E-state index in [1.165, 1.54) is 17.8 Å². The number of anilines is 1. The van der Waals surface area contributed by atoms with Crippen molar-refractivity contribution in [2.45, 2.75) is 19.3 Å². The van der Waals surface area contributed by atoms with E-state index < -0.39 is 0 Å². The Labute approximate surface area is 104 Å². The molecule has 1 fully saturated rings. The van der Waals surface area contributed by atoms with Gasteiger partial charge in [0.2, 0.25) is 11.0 Å². The van der Waals surface area contributed by atoms with E-state index in [1.807, 2.05) is 0 Å². The van der Waals surface area contributed by atoms with Crippen molar-refractivity contribution in [2.75, 3.05) is 18.4 Å². The zero-order valence-electron chi connectivity index (χ0n) is 8.81. The molecule has 1 aromatic rings. The molecule has 0 radical (unpaired) electrons. The number of nitrogens with one attached hydrogen (secondary N) is 2. The van der Waals surface area contributed by atoms with E-state index >= 15 is 0 Å². The van der Waals surface area contributed by atoms with Gasteiger partial charge in [-0.05, 0) is 31.8 Å². The first-order valence-corrected chi connectivity index (χ1v) is 5.99. The third-order valence-electron chi connectivity index (χ3n) is 2.55. The maximum absolute atomic E-state index is 11.5. The van der Waals surface area contributed by atoms with E-state index in [4.69, 9.17) is 0 Å². The molecule has 1 aliphatic rings. The minimum absolute atomic E-state index is 0. The number of carbonyl (C=O) groups is 1. The van der Waals surface area contributed by atoms with Gasteiger partial charge in [-0.25, -0.2) is 0 Å². The van der Waals surface area contributed by atoms with Crippen molar-refractivity contribution in [1.29, 1.82) is 0 Å². The molecule has 1 aliphatic heterocycles. The zero-order chi connectivity index (χ0) is 10.5. The predicted molar refractivity (Wildman–Crippen MR) is 66.0 cm³/mol. The highest BCUT2D eigenvalue weighted by molar-refractivity contribution is 7.13. The fourth-order valence-corrected chi connectivity index (χ4v) is 2.17. The minimum atomic E-state index is 0. The lowest BCUT2D eigenvalue weighted by molar-refractivity contribution is -0.116. The lowest BCUT2D eigenvalue weighted by Gasteiger charge is -2.06. The molecule has 1 atom stereocenters. The molecule has 0 spiro atoms. The molecule has 0 aromatic carbocycles. The highest BCUT2D eigenvalue weighted by Crippen LogP contribution is 2.15. The number of halogens is 1. The average Bonchev–Trinajstić information content (AvgIpc) is 2.86. The van der Waals surface area contributed by atoms with Crippen LogP contribution in [0.5, 0.6) is 0 Å². The number of rotatable bonds is 4. The summed E-state index contributed by atoms with van der Waals surface area (Å²) in [4.78, 5) is 11.5. The number of carbonyl (C=O) groups excluding carboxylic acids is 1. The molecule has 2 N–H and O–H groups in total. The molecular formula is C9H15ClN4OS. The topological polar surface area (TPSA) is 66.9 Å². The Balaban J connectivity index is 0.00000128. The third-order valence-corrected chi connectivity index (χ3v) is 3.16. The van der Waals surface area contributed by atoms with Crippen molar-refractivity contribution in [3.63, 3.8) is 0 Å². The van der Waals surface area contributed by atoms with Gasteiger partial charge in [-0.1, -0.05) is 11.3 Å². The van der Waals surface area contributed by atoms with Gasteiger partial charge in [0.25, 0.3) is 0 Å². The van der Waals surface area contributed by atoms with Crippen LogP contribution in [0, 0.1) is 5.92 Å². The standard InChI is InChI=1S/C9H14N4OS.ClH/c14-8(12-9-13-11-6-15-9)2-1-7-3-4-10-5-7;/h6-7,10H,1-5H2,(H,12,13,14);1H. The first-order chi connectivity index (χ1) is 7.34. The van der Waals surface area contributed by atoms with Gasteiger partial charge in [-0.3, -0.25) is 4.79 Å². The van der Waals surface area contributed by atoms with Gasteiger partial charge in [0, 0.05) is 6.42 Å². The summed E-state index contributed by atoms with van der Waals surface area (Å²) in [7, 11) is 0. The van der Waals surface area contributed by atoms with Crippen molar-refractivity contribution in [1.82, 2.24) is 15.5 Å². The van der Waals surface area contributed by atoms with Gasteiger partial charge >= 0.3 is 0 Å². The van der Waals surface area contributed by atoms with Gasteiger partial charge in [-0.15, -0.1) is 22.6 Å². The average molecular weight is 263 g/mol. The van der Waals surface area contributed by atoms with E-state index in [-0.39, 0.29) is 18.3 Å². The van der Waals surface area contributed by atoms with Crippen LogP contribution in [-0.2, 0) is 4.79 Å². The van der Waals surface area contributed by atoms with E-state index in [9.17, 15) is 4.79 Å². The Kier molecular flexibility index (Phi) is 5.65. The number of amides is 1. The van der Waals surface area contributed by atoms with Crippen LogP contribution >= 0.6 is 23.7 Å². The maximum atomic E-state index is 11.5. The first-order valence-electron chi connectivity index (χ1n) is 5.11. The van der Waals surface area contributed by atoms with E-state index in [1.54, 1.807) is 5.51 Å². The molecule has 2 heterocycles. The van der Waals surface area contributed by atoms with Crippen LogP contribution in [0.25, 0.3) is 0 Å². The Morgan fingerprint density at radius 3 is 3.19 bits per heavy atom. The number of nitrogens with zero attached hydrogens (tertiary/aromatic N) is 2. The summed E-state index contributed by atoms with van der Waals surface area (Å²) in [6.07, 6.45) is 2.72. The molecule has 7 heteroatoms. The van der Waals surface area contributed by atoms with Crippen LogP contribution in [0.1, 0.15) is 19.3 Å². The van der Waals surface area contributed by atoms with Crippen molar-refractivity contribution >= 4 is 34.8 Å². The second-order valence-corrected chi connectivity index (χ2v) is 4.52. The van der Waals surface area contributed by atoms with E-state index in [0.717, 1.165) is 19.5 Å². The molecule has 5 nitrogen and oxygen atoms in total. The lowest BCUT2D eigenvalue weighted by atomic mass is 10.0. The summed E-state index contributed by atoms with van der Waals surface area (Å²) in [6.45, 7) is 2.13. The second-order valence-electron chi connectivity index (χ2n) is 3.69. The molecule has 1 saturated heterocycles. The molecule has 0 bridgehead atoms. The van der Waals surface area contributed by atoms with Gasteiger partial charge in [-0.2, -0.15) is 0 Å². The minimum Gasteiger partial charge on any atom is -0.316 e. The molecule has 90 valence electrons. The van der Waals surface area contributed by atoms with Crippen LogP contribution in [0.15, 0.2) is 5.51 Å². The fourth-order valence-electron chi connectivity index (χ4n) is 1.71. The summed E-state index contributed by atoms with van der Waals surface area (Å²) >= 11 is 1.34. The maximum Gasteiger partial charge on any atom is 0.226 e. The van der Waals surface area contributed by atoms with Crippen LogP contribution in [0.2, 0.25) is 0 Å². The van der Waals surface area contributed by atoms with Crippen molar-refractivity contribution in [3.8, 4) is 0 Å². The van der Waals surface area contributed by atoms with Crippen LogP contribution in [0.4, 0.5) is 5.13 Å². The SMILES string of the molecule is Cl.O=C(CCC1CCNC1)Nc1nncs1. The number of hydrogen-bond acceptors (Lipinski definition) is 5. The Morgan fingerprint density at radius 1 is 1.69 bits per heavy atom. The summed E-state index contributed by atoms with van der Waals surface area (Å²) in [5.41, 5.74) is 1.61. The van der Waals surface area contributed by atoms with E-state index in [0.29, 0.717) is 17.5 Å². The summed E-state index contributed by atoms with van der Waals surface area (Å²) < 4.78 is 0. The molecule has 2 rings (SSSR count). The van der Waals surface area contributed by atoms with Crippen LogP contribution in [0.3, 0.4) is 0 Å². The smallest absolute Gasteiger partial charge is 0.226 e. The Hall–Kier alpha value is -0.720. The largest absolute Gasteiger partial charge is 0.316 e. The molecule has 1 unspecified atom stereocenters. The normalized spacial score (nSPS) is 19.1. The second kappa shape index (κ2) is 6.78. The monoisotopic (exact) mass is 262 g/mol. The van der Waals surface area contributed by atoms with Crippen LogP contribution < -0.4 is 10.6 Å². The lowest BCUT2D eigenvalue weighted by Crippen LogP contribution is -2.14. The Morgan fingerprint density at radius 2 is 2.56 bits per heavy atom. The highest BCUT2D eigenvalue weighted by Gasteiger charge is 2.15. The fraction of sp³-hybridized carbons (Fsp3) is 0.667. The molecule has 16 heavy (non-hydrogen) atoms. The summed E-state index contributed by atoms with van der Waals surface area (Å²) in [6, 6.07) is 0. The van der Waals surface area contributed by atoms with Gasteiger partial charge in [0.05, 0.1) is 0 Å². The van der Waals surface area contributed by atoms with Crippen molar-refractivity contribution in [3.05, 3.63) is 5.51 Å². The van der Waals surface area contributed by atoms with E-state index in [2.05, 4.69) is 20.8 Å².